The molecule has 1 aliphatic rings. The van der Waals surface area contributed by atoms with E-state index in [1.807, 2.05) is 0 Å². The van der Waals surface area contributed by atoms with E-state index in [-0.39, 0.29) is 6.10 Å². The molecule has 0 aliphatic carbocycles. The van der Waals surface area contributed by atoms with Gasteiger partial charge in [-0.05, 0) is 31.9 Å². The van der Waals surface area contributed by atoms with Crippen molar-refractivity contribution >= 4 is 5.69 Å². The lowest BCUT2D eigenvalue weighted by Gasteiger charge is -2.34. The molecule has 1 aromatic carbocycles. The molecule has 18 heavy (non-hydrogen) atoms. The smallest absolute Gasteiger partial charge is 0.0992 e. The van der Waals surface area contributed by atoms with Crippen LogP contribution in [0.2, 0.25) is 0 Å². The Kier molecular flexibility index (Phi) is 3.85. The first-order valence-electron chi connectivity index (χ1n) is 6.27. The Bertz CT molecular complexity index is 465. The van der Waals surface area contributed by atoms with E-state index in [0.29, 0.717) is 12.1 Å². The van der Waals surface area contributed by atoms with Crippen molar-refractivity contribution in [3.05, 3.63) is 29.3 Å². The minimum absolute atomic E-state index is 0.327. The average Bonchev–Trinajstić information content (AvgIpc) is 2.38. The fourth-order valence-corrected chi connectivity index (χ4v) is 2.41. The quantitative estimate of drug-likeness (QED) is 0.831. The van der Waals surface area contributed by atoms with E-state index in [1.54, 1.807) is 25.1 Å². The average molecular weight is 246 g/mol. The highest BCUT2D eigenvalue weighted by Gasteiger charge is 2.21. The molecule has 0 amide bonds. The molecule has 1 heterocycles. The molecule has 0 radical (unpaired) electrons. The predicted molar refractivity (Wildman–Crippen MR) is 69.2 cm³/mol. The molecule has 0 bridgehead atoms. The van der Waals surface area contributed by atoms with Gasteiger partial charge in [-0.25, -0.2) is 0 Å². The molecule has 1 aliphatic heterocycles. The monoisotopic (exact) mass is 246 g/mol. The molecule has 4 nitrogen and oxygen atoms in total. The zero-order valence-electron chi connectivity index (χ0n) is 10.5. The van der Waals surface area contributed by atoms with Crippen LogP contribution in [0.3, 0.4) is 0 Å². The van der Waals surface area contributed by atoms with Gasteiger partial charge in [0.25, 0.3) is 0 Å². The number of aliphatic hydroxyl groups excluding tert-OH is 2. The maximum Gasteiger partial charge on any atom is 0.0992 e. The zero-order valence-corrected chi connectivity index (χ0v) is 10.5. The number of nitrogens with zero attached hydrogens (tertiary/aromatic N) is 2. The number of anilines is 1. The summed E-state index contributed by atoms with van der Waals surface area (Å²) >= 11 is 0. The minimum Gasteiger partial charge on any atom is -0.391 e. The Morgan fingerprint density at radius 1 is 1.50 bits per heavy atom. The maximum atomic E-state index is 9.79. The minimum atomic E-state index is -0.577. The summed E-state index contributed by atoms with van der Waals surface area (Å²) in [7, 11) is 0. The van der Waals surface area contributed by atoms with Crippen LogP contribution >= 0.6 is 0 Å². The molecule has 2 rings (SSSR count). The number of hydrogen-bond donors (Lipinski definition) is 2. The molecule has 1 fully saturated rings. The van der Waals surface area contributed by atoms with Crippen LogP contribution in [0.15, 0.2) is 18.2 Å². The lowest BCUT2D eigenvalue weighted by atomic mass is 10.0. The summed E-state index contributed by atoms with van der Waals surface area (Å²) in [5.74, 6) is 0. The molecule has 1 aromatic rings. The summed E-state index contributed by atoms with van der Waals surface area (Å²) in [5.41, 5.74) is 2.25. The maximum absolute atomic E-state index is 9.79. The summed E-state index contributed by atoms with van der Waals surface area (Å²) in [6, 6.07) is 7.41. The summed E-state index contributed by atoms with van der Waals surface area (Å²) in [5, 5.41) is 28.5. The second-order valence-corrected chi connectivity index (χ2v) is 4.80. The molecule has 0 aromatic heterocycles. The van der Waals surface area contributed by atoms with Gasteiger partial charge in [-0.2, -0.15) is 5.26 Å². The summed E-state index contributed by atoms with van der Waals surface area (Å²) in [6.45, 7) is 3.13. The van der Waals surface area contributed by atoms with Crippen molar-refractivity contribution in [2.45, 2.75) is 32.0 Å². The van der Waals surface area contributed by atoms with Crippen LogP contribution in [-0.4, -0.2) is 29.4 Å². The van der Waals surface area contributed by atoms with Crippen molar-refractivity contribution in [2.75, 3.05) is 18.0 Å². The number of aliphatic hydroxyl groups is 2. The van der Waals surface area contributed by atoms with Gasteiger partial charge in [0.2, 0.25) is 0 Å². The van der Waals surface area contributed by atoms with E-state index >= 15 is 0 Å². The number of nitriles is 1. The molecule has 0 spiro atoms. The van der Waals surface area contributed by atoms with E-state index < -0.39 is 6.10 Å². The largest absolute Gasteiger partial charge is 0.391 e. The van der Waals surface area contributed by atoms with Crippen LogP contribution in [0.5, 0.6) is 0 Å². The molecule has 4 heteroatoms. The van der Waals surface area contributed by atoms with Crippen molar-refractivity contribution in [1.29, 1.82) is 5.26 Å². The molecular weight excluding hydrogens is 228 g/mol. The molecule has 2 atom stereocenters. The molecule has 2 N–H and O–H groups in total. The number of piperidine rings is 1. The standard InChI is InChI=1S/C14H18N2O2/c1-10(17)13-5-4-11(8-15)7-14(13)16-6-2-3-12(18)9-16/h4-5,7,10,12,17-18H,2-3,6,9H2,1H3. The van der Waals surface area contributed by atoms with Crippen LogP contribution in [0, 0.1) is 11.3 Å². The lowest BCUT2D eigenvalue weighted by molar-refractivity contribution is 0.153. The van der Waals surface area contributed by atoms with Gasteiger partial charge >= 0.3 is 0 Å². The molecule has 96 valence electrons. The van der Waals surface area contributed by atoms with Gasteiger partial charge in [-0.3, -0.25) is 0 Å². The van der Waals surface area contributed by atoms with Crippen molar-refractivity contribution < 1.29 is 10.2 Å². The van der Waals surface area contributed by atoms with E-state index in [0.717, 1.165) is 30.6 Å². The summed E-state index contributed by atoms with van der Waals surface area (Å²) in [6.07, 6.45) is 0.841. The van der Waals surface area contributed by atoms with Gasteiger partial charge in [0.1, 0.15) is 0 Å². The van der Waals surface area contributed by atoms with Gasteiger partial charge in [-0.1, -0.05) is 6.07 Å². The van der Waals surface area contributed by atoms with E-state index in [1.165, 1.54) is 0 Å². The molecule has 2 unspecified atom stereocenters. The van der Waals surface area contributed by atoms with Crippen molar-refractivity contribution in [3.8, 4) is 6.07 Å². The van der Waals surface area contributed by atoms with Gasteiger partial charge in [0, 0.05) is 24.3 Å². The Balaban J connectivity index is 2.37. The Morgan fingerprint density at radius 3 is 2.89 bits per heavy atom. The fourth-order valence-electron chi connectivity index (χ4n) is 2.41. The fraction of sp³-hybridized carbons (Fsp3) is 0.500. The zero-order chi connectivity index (χ0) is 13.1. The third kappa shape index (κ3) is 2.63. The van der Waals surface area contributed by atoms with Crippen LogP contribution < -0.4 is 4.90 Å². The third-order valence-corrected chi connectivity index (χ3v) is 3.35. The van der Waals surface area contributed by atoms with E-state index in [2.05, 4.69) is 11.0 Å². The second kappa shape index (κ2) is 5.38. The van der Waals surface area contributed by atoms with Crippen LogP contribution in [0.1, 0.15) is 37.0 Å². The van der Waals surface area contributed by atoms with Crippen molar-refractivity contribution in [1.82, 2.24) is 0 Å². The van der Waals surface area contributed by atoms with Gasteiger partial charge < -0.3 is 15.1 Å². The van der Waals surface area contributed by atoms with Crippen LogP contribution in [0.25, 0.3) is 0 Å². The normalized spacial score (nSPS) is 21.4. The summed E-state index contributed by atoms with van der Waals surface area (Å²) < 4.78 is 0. The van der Waals surface area contributed by atoms with Crippen LogP contribution in [0.4, 0.5) is 5.69 Å². The van der Waals surface area contributed by atoms with E-state index in [4.69, 9.17) is 5.26 Å². The number of benzene rings is 1. The van der Waals surface area contributed by atoms with Crippen molar-refractivity contribution in [2.24, 2.45) is 0 Å². The van der Waals surface area contributed by atoms with Gasteiger partial charge in [0.15, 0.2) is 0 Å². The SMILES string of the molecule is CC(O)c1ccc(C#N)cc1N1CCCC(O)C1. The Labute approximate surface area is 107 Å². The second-order valence-electron chi connectivity index (χ2n) is 4.80. The van der Waals surface area contributed by atoms with E-state index in [9.17, 15) is 10.2 Å². The Hall–Kier alpha value is -1.57. The highest BCUT2D eigenvalue weighted by atomic mass is 16.3. The molecule has 1 saturated heterocycles. The number of hydrogen-bond acceptors (Lipinski definition) is 4. The predicted octanol–water partition coefficient (Wildman–Crippen LogP) is 1.57. The van der Waals surface area contributed by atoms with Crippen LogP contribution in [-0.2, 0) is 0 Å². The Morgan fingerprint density at radius 2 is 2.28 bits per heavy atom. The molecule has 0 saturated carbocycles. The first-order chi connectivity index (χ1) is 8.61. The molecular formula is C14H18N2O2. The van der Waals surface area contributed by atoms with Gasteiger partial charge in [0.05, 0.1) is 23.8 Å². The number of β-amino-alcohol motifs (C(OH)–C–C–N with tert-alkyl or cyclic N) is 1. The van der Waals surface area contributed by atoms with Gasteiger partial charge in [-0.15, -0.1) is 0 Å². The highest BCUT2D eigenvalue weighted by Crippen LogP contribution is 2.29. The topological polar surface area (TPSA) is 67.5 Å². The first kappa shape index (κ1) is 12.9. The highest BCUT2D eigenvalue weighted by molar-refractivity contribution is 5.58. The third-order valence-electron chi connectivity index (χ3n) is 3.35. The lowest BCUT2D eigenvalue weighted by Crippen LogP contribution is -2.38. The first-order valence-corrected chi connectivity index (χ1v) is 6.27. The number of rotatable bonds is 2. The van der Waals surface area contributed by atoms with Crippen molar-refractivity contribution in [3.63, 3.8) is 0 Å². The summed E-state index contributed by atoms with van der Waals surface area (Å²) in [4.78, 5) is 2.05.